The summed E-state index contributed by atoms with van der Waals surface area (Å²) >= 11 is 0. The first kappa shape index (κ1) is 18.4. The molecule has 0 radical (unpaired) electrons. The molecular formula is C16H22ClN5O2. The molecule has 0 aliphatic carbocycles. The van der Waals surface area contributed by atoms with E-state index in [0.29, 0.717) is 16.9 Å². The summed E-state index contributed by atoms with van der Waals surface area (Å²) in [4.78, 5) is 26.5. The van der Waals surface area contributed by atoms with Crippen molar-refractivity contribution in [2.45, 2.75) is 31.8 Å². The van der Waals surface area contributed by atoms with Crippen molar-refractivity contribution in [3.8, 4) is 0 Å². The van der Waals surface area contributed by atoms with Gasteiger partial charge >= 0.3 is 0 Å². The predicted octanol–water partition coefficient (Wildman–Crippen LogP) is 0.814. The molecule has 2 aromatic rings. The van der Waals surface area contributed by atoms with Gasteiger partial charge in [-0.15, -0.1) is 17.5 Å². The number of piperidine rings is 1. The molecule has 1 aliphatic heterocycles. The molecule has 8 heteroatoms. The first-order valence-electron chi connectivity index (χ1n) is 7.96. The molecule has 1 aromatic carbocycles. The fraction of sp³-hybridized carbons (Fsp3) is 0.500. The van der Waals surface area contributed by atoms with Crippen molar-refractivity contribution < 1.29 is 4.79 Å². The molecular weight excluding hydrogens is 330 g/mol. The van der Waals surface area contributed by atoms with Gasteiger partial charge in [0, 0.05) is 25.6 Å². The number of aromatic nitrogens is 3. The summed E-state index contributed by atoms with van der Waals surface area (Å²) in [6.07, 6.45) is 2.37. The lowest BCUT2D eigenvalue weighted by Crippen LogP contribution is -2.47. The summed E-state index contributed by atoms with van der Waals surface area (Å²) in [6, 6.07) is 7.46. The van der Waals surface area contributed by atoms with Crippen LogP contribution in [0.3, 0.4) is 0 Å². The fourth-order valence-corrected chi connectivity index (χ4v) is 2.97. The lowest BCUT2D eigenvalue weighted by atomic mass is 10.1. The maximum absolute atomic E-state index is 12.3. The third-order valence-electron chi connectivity index (χ3n) is 4.35. The van der Waals surface area contributed by atoms with Crippen molar-refractivity contribution >= 4 is 29.2 Å². The second-order valence-electron chi connectivity index (χ2n) is 5.85. The molecule has 0 bridgehead atoms. The standard InChI is InChI=1S/C16H21N5O2.ClH/c1-17-12-5-4-9-20(11-12)15(22)8-10-21-16(23)13-6-2-3-7-14(13)18-19-21;/h2-3,6-7,12,17H,4-5,8-11H2,1H3;1H. The van der Waals surface area contributed by atoms with Crippen molar-refractivity contribution in [3.05, 3.63) is 34.6 Å². The monoisotopic (exact) mass is 351 g/mol. The van der Waals surface area contributed by atoms with E-state index in [-0.39, 0.29) is 36.8 Å². The molecule has 1 fully saturated rings. The number of likely N-dealkylation sites (tertiary alicyclic amines) is 1. The first-order valence-corrected chi connectivity index (χ1v) is 7.96. The van der Waals surface area contributed by atoms with Crippen LogP contribution in [0.25, 0.3) is 10.9 Å². The molecule has 7 nitrogen and oxygen atoms in total. The molecule has 1 aromatic heterocycles. The van der Waals surface area contributed by atoms with Gasteiger partial charge in [-0.1, -0.05) is 17.3 Å². The highest BCUT2D eigenvalue weighted by atomic mass is 35.5. The van der Waals surface area contributed by atoms with Gasteiger partial charge in [0.2, 0.25) is 5.91 Å². The number of hydrogen-bond acceptors (Lipinski definition) is 5. The number of nitrogens with zero attached hydrogens (tertiary/aromatic N) is 4. The number of fused-ring (bicyclic) bond motifs is 1. The summed E-state index contributed by atoms with van der Waals surface area (Å²) < 4.78 is 1.28. The van der Waals surface area contributed by atoms with E-state index < -0.39 is 0 Å². The summed E-state index contributed by atoms with van der Waals surface area (Å²) in [5.41, 5.74) is 0.378. The number of hydrogen-bond donors (Lipinski definition) is 1. The Labute approximate surface area is 146 Å². The van der Waals surface area contributed by atoms with Crippen LogP contribution in [-0.2, 0) is 11.3 Å². The van der Waals surface area contributed by atoms with Crippen molar-refractivity contribution in [1.82, 2.24) is 25.2 Å². The van der Waals surface area contributed by atoms with Crippen LogP contribution in [0.1, 0.15) is 19.3 Å². The number of carbonyl (C=O) groups excluding carboxylic acids is 1. The maximum atomic E-state index is 12.3. The average molecular weight is 352 g/mol. The summed E-state index contributed by atoms with van der Waals surface area (Å²) in [5, 5.41) is 11.7. The van der Waals surface area contributed by atoms with Crippen LogP contribution in [0.5, 0.6) is 0 Å². The predicted molar refractivity (Wildman–Crippen MR) is 94.3 cm³/mol. The highest BCUT2D eigenvalue weighted by Crippen LogP contribution is 2.11. The Balaban J connectivity index is 0.00000208. The van der Waals surface area contributed by atoms with Gasteiger partial charge in [-0.2, -0.15) is 0 Å². The van der Waals surface area contributed by atoms with E-state index in [9.17, 15) is 9.59 Å². The van der Waals surface area contributed by atoms with E-state index in [1.165, 1.54) is 4.68 Å². The maximum Gasteiger partial charge on any atom is 0.277 e. The van der Waals surface area contributed by atoms with Crippen LogP contribution in [-0.4, -0.2) is 52.0 Å². The number of rotatable bonds is 4. The minimum atomic E-state index is -0.199. The Bertz CT molecular complexity index is 763. The van der Waals surface area contributed by atoms with Gasteiger partial charge in [0.1, 0.15) is 5.52 Å². The molecule has 0 spiro atoms. The molecule has 0 saturated carbocycles. The van der Waals surface area contributed by atoms with Gasteiger partial charge in [-0.25, -0.2) is 4.68 Å². The molecule has 1 saturated heterocycles. The van der Waals surface area contributed by atoms with Crippen LogP contribution in [0.15, 0.2) is 29.1 Å². The minimum Gasteiger partial charge on any atom is -0.341 e. The summed E-state index contributed by atoms with van der Waals surface area (Å²) in [6.45, 7) is 1.78. The van der Waals surface area contributed by atoms with Gasteiger partial charge in [0.15, 0.2) is 0 Å². The number of halogens is 1. The number of benzene rings is 1. The normalized spacial score (nSPS) is 17.5. The molecule has 24 heavy (non-hydrogen) atoms. The zero-order chi connectivity index (χ0) is 16.2. The molecule has 1 atom stereocenters. The Hall–Kier alpha value is -1.99. The van der Waals surface area contributed by atoms with Crippen molar-refractivity contribution in [2.24, 2.45) is 0 Å². The second-order valence-corrected chi connectivity index (χ2v) is 5.85. The Kier molecular flexibility index (Phi) is 6.28. The topological polar surface area (TPSA) is 80.1 Å². The third-order valence-corrected chi connectivity index (χ3v) is 4.35. The number of amides is 1. The van der Waals surface area contributed by atoms with E-state index in [2.05, 4.69) is 15.6 Å². The number of nitrogens with one attached hydrogen (secondary N) is 1. The highest BCUT2D eigenvalue weighted by Gasteiger charge is 2.22. The Morgan fingerprint density at radius 2 is 2.17 bits per heavy atom. The van der Waals surface area contributed by atoms with Crippen molar-refractivity contribution in [3.63, 3.8) is 0 Å². The largest absolute Gasteiger partial charge is 0.341 e. The van der Waals surface area contributed by atoms with E-state index in [1.54, 1.807) is 18.2 Å². The summed E-state index contributed by atoms with van der Waals surface area (Å²) in [5.74, 6) is 0.0619. The first-order chi connectivity index (χ1) is 11.2. The van der Waals surface area contributed by atoms with E-state index >= 15 is 0 Å². The number of carbonyl (C=O) groups is 1. The SMILES string of the molecule is CNC1CCCN(C(=O)CCn2nnc3ccccc3c2=O)C1.Cl. The van der Waals surface area contributed by atoms with Gasteiger partial charge in [0.05, 0.1) is 11.9 Å². The molecule has 1 N–H and O–H groups in total. The molecule has 3 rings (SSSR count). The van der Waals surface area contributed by atoms with Crippen molar-refractivity contribution in [1.29, 1.82) is 0 Å². The van der Waals surface area contributed by atoms with E-state index in [0.717, 1.165) is 25.9 Å². The van der Waals surface area contributed by atoms with E-state index in [4.69, 9.17) is 0 Å². The highest BCUT2D eigenvalue weighted by molar-refractivity contribution is 5.85. The van der Waals surface area contributed by atoms with Crippen molar-refractivity contribution in [2.75, 3.05) is 20.1 Å². The third kappa shape index (κ3) is 3.91. The zero-order valence-corrected chi connectivity index (χ0v) is 14.5. The quantitative estimate of drug-likeness (QED) is 0.882. The minimum absolute atomic E-state index is 0. The smallest absolute Gasteiger partial charge is 0.277 e. The van der Waals surface area contributed by atoms with Gasteiger partial charge in [-0.05, 0) is 32.0 Å². The second kappa shape index (κ2) is 8.21. The molecule has 2 heterocycles. The average Bonchev–Trinajstić information content (AvgIpc) is 2.61. The number of likely N-dealkylation sites (N-methyl/N-ethyl adjacent to an activating group) is 1. The lowest BCUT2D eigenvalue weighted by molar-refractivity contribution is -0.132. The zero-order valence-electron chi connectivity index (χ0n) is 13.6. The molecule has 1 unspecified atom stereocenters. The summed E-state index contributed by atoms with van der Waals surface area (Å²) in [7, 11) is 1.92. The van der Waals surface area contributed by atoms with Crippen LogP contribution < -0.4 is 10.9 Å². The van der Waals surface area contributed by atoms with E-state index in [1.807, 2.05) is 18.0 Å². The lowest BCUT2D eigenvalue weighted by Gasteiger charge is -2.32. The molecule has 130 valence electrons. The Morgan fingerprint density at radius 1 is 1.38 bits per heavy atom. The van der Waals surface area contributed by atoms with Crippen LogP contribution in [0.4, 0.5) is 0 Å². The Morgan fingerprint density at radius 3 is 2.96 bits per heavy atom. The van der Waals surface area contributed by atoms with Crippen LogP contribution in [0, 0.1) is 0 Å². The van der Waals surface area contributed by atoms with Crippen LogP contribution in [0.2, 0.25) is 0 Å². The van der Waals surface area contributed by atoms with Gasteiger partial charge in [0.25, 0.3) is 5.56 Å². The number of aryl methyl sites for hydroxylation is 1. The van der Waals surface area contributed by atoms with Gasteiger partial charge < -0.3 is 10.2 Å². The molecule has 1 amide bonds. The fourth-order valence-electron chi connectivity index (χ4n) is 2.97. The molecule has 1 aliphatic rings. The van der Waals surface area contributed by atoms with Gasteiger partial charge in [-0.3, -0.25) is 9.59 Å². The van der Waals surface area contributed by atoms with Crippen LogP contribution >= 0.6 is 12.4 Å².